The lowest BCUT2D eigenvalue weighted by atomic mass is 10.1. The normalized spacial score (nSPS) is 15.2. The Hall–Kier alpha value is -2.62. The maximum absolute atomic E-state index is 12.5. The SMILES string of the molecule is Cc1ccccc1CN1CCN(c2ccccc2C)C(=O)C1=O. The zero-order valence-electron chi connectivity index (χ0n) is 13.5. The van der Waals surface area contributed by atoms with E-state index in [9.17, 15) is 9.59 Å². The van der Waals surface area contributed by atoms with Crippen molar-refractivity contribution in [3.8, 4) is 0 Å². The molecular weight excluding hydrogens is 288 g/mol. The van der Waals surface area contributed by atoms with E-state index in [1.54, 1.807) is 9.80 Å². The molecule has 1 fully saturated rings. The summed E-state index contributed by atoms with van der Waals surface area (Å²) in [6.45, 7) is 5.53. The molecule has 0 N–H and O–H groups in total. The highest BCUT2D eigenvalue weighted by Gasteiger charge is 2.33. The van der Waals surface area contributed by atoms with Gasteiger partial charge >= 0.3 is 11.8 Å². The topological polar surface area (TPSA) is 40.6 Å². The Labute approximate surface area is 136 Å². The molecule has 118 valence electrons. The fourth-order valence-corrected chi connectivity index (χ4v) is 2.91. The van der Waals surface area contributed by atoms with Gasteiger partial charge in [0.2, 0.25) is 0 Å². The van der Waals surface area contributed by atoms with Gasteiger partial charge < -0.3 is 9.80 Å². The molecule has 0 unspecified atom stereocenters. The number of carbonyl (C=O) groups excluding carboxylic acids is 2. The van der Waals surface area contributed by atoms with Crippen molar-refractivity contribution >= 4 is 17.5 Å². The van der Waals surface area contributed by atoms with Crippen LogP contribution in [0.4, 0.5) is 5.69 Å². The highest BCUT2D eigenvalue weighted by molar-refractivity contribution is 6.41. The standard InChI is InChI=1S/C19H20N2O2/c1-14-7-3-5-9-16(14)13-20-11-12-21(19(23)18(20)22)17-10-6-4-8-15(17)2/h3-10H,11-13H2,1-2H3. The summed E-state index contributed by atoms with van der Waals surface area (Å²) < 4.78 is 0. The largest absolute Gasteiger partial charge is 0.328 e. The minimum Gasteiger partial charge on any atom is -0.328 e. The third-order valence-electron chi connectivity index (χ3n) is 4.34. The van der Waals surface area contributed by atoms with Crippen molar-refractivity contribution in [2.45, 2.75) is 20.4 Å². The Morgan fingerprint density at radius 2 is 1.48 bits per heavy atom. The number of nitrogens with zero attached hydrogens (tertiary/aromatic N) is 2. The number of piperazine rings is 1. The van der Waals surface area contributed by atoms with Crippen molar-refractivity contribution in [2.24, 2.45) is 0 Å². The number of anilines is 1. The summed E-state index contributed by atoms with van der Waals surface area (Å²) in [5.41, 5.74) is 4.04. The molecule has 4 nitrogen and oxygen atoms in total. The van der Waals surface area contributed by atoms with Crippen molar-refractivity contribution in [2.75, 3.05) is 18.0 Å². The summed E-state index contributed by atoms with van der Waals surface area (Å²) in [5.74, 6) is -0.873. The fourth-order valence-electron chi connectivity index (χ4n) is 2.91. The number of para-hydroxylation sites is 1. The monoisotopic (exact) mass is 308 g/mol. The van der Waals surface area contributed by atoms with Gasteiger partial charge in [0.25, 0.3) is 0 Å². The molecule has 0 aliphatic carbocycles. The fraction of sp³-hybridized carbons (Fsp3) is 0.263. The van der Waals surface area contributed by atoms with Crippen molar-refractivity contribution in [1.82, 2.24) is 4.90 Å². The lowest BCUT2D eigenvalue weighted by Crippen LogP contribution is -2.54. The second kappa shape index (κ2) is 6.24. The van der Waals surface area contributed by atoms with Gasteiger partial charge in [-0.3, -0.25) is 9.59 Å². The quantitative estimate of drug-likeness (QED) is 0.818. The number of hydrogen-bond acceptors (Lipinski definition) is 2. The molecule has 2 aromatic carbocycles. The zero-order valence-corrected chi connectivity index (χ0v) is 13.5. The highest BCUT2D eigenvalue weighted by Crippen LogP contribution is 2.23. The summed E-state index contributed by atoms with van der Waals surface area (Å²) in [4.78, 5) is 28.2. The van der Waals surface area contributed by atoms with Gasteiger partial charge in [0.05, 0.1) is 0 Å². The maximum Gasteiger partial charge on any atom is 0.316 e. The summed E-state index contributed by atoms with van der Waals surface area (Å²) >= 11 is 0. The first kappa shape index (κ1) is 15.3. The van der Waals surface area contributed by atoms with Crippen molar-refractivity contribution < 1.29 is 9.59 Å². The molecule has 0 radical (unpaired) electrons. The average molecular weight is 308 g/mol. The molecule has 0 aromatic heterocycles. The molecule has 3 rings (SSSR count). The number of benzene rings is 2. The molecule has 1 heterocycles. The lowest BCUT2D eigenvalue weighted by Gasteiger charge is -2.34. The molecular formula is C19H20N2O2. The Morgan fingerprint density at radius 1 is 0.826 bits per heavy atom. The van der Waals surface area contributed by atoms with Gasteiger partial charge in [-0.15, -0.1) is 0 Å². The van der Waals surface area contributed by atoms with E-state index in [2.05, 4.69) is 0 Å². The zero-order chi connectivity index (χ0) is 16.4. The van der Waals surface area contributed by atoms with E-state index < -0.39 is 11.8 Å². The van der Waals surface area contributed by atoms with Crippen LogP contribution < -0.4 is 4.90 Å². The minimum absolute atomic E-state index is 0.428. The van der Waals surface area contributed by atoms with Gasteiger partial charge in [0.15, 0.2) is 0 Å². The van der Waals surface area contributed by atoms with E-state index in [1.165, 1.54) is 0 Å². The van der Waals surface area contributed by atoms with Gasteiger partial charge in [-0.25, -0.2) is 0 Å². The number of carbonyl (C=O) groups is 2. The lowest BCUT2D eigenvalue weighted by molar-refractivity contribution is -0.146. The van der Waals surface area contributed by atoms with Gasteiger partial charge in [-0.2, -0.15) is 0 Å². The molecule has 0 bridgehead atoms. The first-order chi connectivity index (χ1) is 11.1. The van der Waals surface area contributed by atoms with Crippen LogP contribution in [0.1, 0.15) is 16.7 Å². The predicted octanol–water partition coefficient (Wildman–Crippen LogP) is 2.68. The predicted molar refractivity (Wildman–Crippen MR) is 90.1 cm³/mol. The molecule has 4 heteroatoms. The number of aryl methyl sites for hydroxylation is 2. The molecule has 0 saturated carbocycles. The number of amides is 2. The van der Waals surface area contributed by atoms with Crippen LogP contribution in [0, 0.1) is 13.8 Å². The molecule has 1 aliphatic rings. The Kier molecular flexibility index (Phi) is 4.15. The van der Waals surface area contributed by atoms with Crippen molar-refractivity contribution in [3.05, 3.63) is 65.2 Å². The van der Waals surface area contributed by atoms with Crippen LogP contribution in [0.5, 0.6) is 0 Å². The van der Waals surface area contributed by atoms with Crippen LogP contribution >= 0.6 is 0 Å². The first-order valence-electron chi connectivity index (χ1n) is 7.79. The van der Waals surface area contributed by atoms with E-state index >= 15 is 0 Å². The van der Waals surface area contributed by atoms with Crippen LogP contribution in [0.2, 0.25) is 0 Å². The van der Waals surface area contributed by atoms with Crippen LogP contribution in [0.3, 0.4) is 0 Å². The van der Waals surface area contributed by atoms with Gasteiger partial charge in [0.1, 0.15) is 0 Å². The van der Waals surface area contributed by atoms with E-state index in [4.69, 9.17) is 0 Å². The van der Waals surface area contributed by atoms with Crippen LogP contribution in [0.25, 0.3) is 0 Å². The summed E-state index contributed by atoms with van der Waals surface area (Å²) in [6, 6.07) is 15.6. The Bertz CT molecular complexity index is 755. The second-order valence-electron chi connectivity index (χ2n) is 5.90. The highest BCUT2D eigenvalue weighted by atomic mass is 16.2. The van der Waals surface area contributed by atoms with Crippen LogP contribution in [0.15, 0.2) is 48.5 Å². The molecule has 0 atom stereocenters. The Morgan fingerprint density at radius 3 is 2.17 bits per heavy atom. The first-order valence-corrected chi connectivity index (χ1v) is 7.79. The minimum atomic E-state index is -0.445. The third-order valence-corrected chi connectivity index (χ3v) is 4.34. The van der Waals surface area contributed by atoms with Crippen molar-refractivity contribution in [1.29, 1.82) is 0 Å². The molecule has 2 amide bonds. The molecule has 2 aromatic rings. The number of hydrogen-bond donors (Lipinski definition) is 0. The van der Waals surface area contributed by atoms with Crippen LogP contribution in [-0.4, -0.2) is 29.8 Å². The molecule has 1 saturated heterocycles. The van der Waals surface area contributed by atoms with Gasteiger partial charge in [0, 0.05) is 25.3 Å². The smallest absolute Gasteiger partial charge is 0.316 e. The second-order valence-corrected chi connectivity index (χ2v) is 5.90. The van der Waals surface area contributed by atoms with Gasteiger partial charge in [-0.05, 0) is 36.6 Å². The third kappa shape index (κ3) is 2.97. The van der Waals surface area contributed by atoms with E-state index in [0.717, 1.165) is 22.4 Å². The van der Waals surface area contributed by atoms with E-state index in [1.807, 2.05) is 62.4 Å². The molecule has 0 spiro atoms. The summed E-state index contributed by atoms with van der Waals surface area (Å²) in [7, 11) is 0. The maximum atomic E-state index is 12.5. The summed E-state index contributed by atoms with van der Waals surface area (Å²) in [6.07, 6.45) is 0. The number of rotatable bonds is 3. The molecule has 1 aliphatic heterocycles. The van der Waals surface area contributed by atoms with E-state index in [-0.39, 0.29) is 0 Å². The Balaban J connectivity index is 1.78. The summed E-state index contributed by atoms with van der Waals surface area (Å²) in [5, 5.41) is 0. The average Bonchev–Trinajstić information content (AvgIpc) is 2.55. The van der Waals surface area contributed by atoms with Gasteiger partial charge in [-0.1, -0.05) is 42.5 Å². The van der Waals surface area contributed by atoms with E-state index in [0.29, 0.717) is 19.6 Å². The van der Waals surface area contributed by atoms with Crippen molar-refractivity contribution in [3.63, 3.8) is 0 Å². The van der Waals surface area contributed by atoms with Crippen LogP contribution in [-0.2, 0) is 16.1 Å². The molecule has 23 heavy (non-hydrogen) atoms.